The monoisotopic (exact) mass is 232 g/mol. The van der Waals surface area contributed by atoms with Crippen molar-refractivity contribution >= 4 is 11.6 Å². The van der Waals surface area contributed by atoms with E-state index in [1.54, 1.807) is 0 Å². The van der Waals surface area contributed by atoms with Crippen molar-refractivity contribution in [1.82, 2.24) is 5.32 Å². The summed E-state index contributed by atoms with van der Waals surface area (Å²) in [5, 5.41) is 3.30. The quantitative estimate of drug-likeness (QED) is 0.865. The van der Waals surface area contributed by atoms with E-state index >= 15 is 0 Å². The fourth-order valence-electron chi connectivity index (χ4n) is 2.36. The second-order valence-corrected chi connectivity index (χ2v) is 4.46. The zero-order valence-corrected chi connectivity index (χ0v) is 10.4. The molecule has 1 aromatic rings. The Morgan fingerprint density at radius 2 is 2.18 bits per heavy atom. The number of amides is 1. The zero-order valence-electron chi connectivity index (χ0n) is 10.4. The van der Waals surface area contributed by atoms with Crippen molar-refractivity contribution in [2.24, 2.45) is 5.92 Å². The third kappa shape index (κ3) is 2.86. The number of rotatable bonds is 3. The number of carbonyl (C=O) groups is 1. The van der Waals surface area contributed by atoms with Crippen molar-refractivity contribution in [3.63, 3.8) is 0 Å². The van der Waals surface area contributed by atoms with Crippen LogP contribution < -0.4 is 10.2 Å². The summed E-state index contributed by atoms with van der Waals surface area (Å²) in [5.74, 6) is 0.398. The minimum absolute atomic E-state index is 0.143. The summed E-state index contributed by atoms with van der Waals surface area (Å²) >= 11 is 0. The number of nitrogens with zero attached hydrogens (tertiary/aromatic N) is 1. The smallest absolute Gasteiger partial charge is 0.231 e. The molecule has 1 heterocycles. The normalized spacial score (nSPS) is 19.9. The van der Waals surface area contributed by atoms with Crippen LogP contribution in [0.2, 0.25) is 0 Å². The molecule has 0 saturated carbocycles. The van der Waals surface area contributed by atoms with Gasteiger partial charge in [0.25, 0.3) is 0 Å². The third-order valence-corrected chi connectivity index (χ3v) is 3.30. The molecule has 0 spiro atoms. The van der Waals surface area contributed by atoms with Gasteiger partial charge in [0.1, 0.15) is 0 Å². The van der Waals surface area contributed by atoms with Crippen LogP contribution in [0.15, 0.2) is 30.3 Å². The number of nitrogens with one attached hydrogen (secondary N) is 1. The number of hydrogen-bond acceptors (Lipinski definition) is 2. The number of para-hydroxylation sites is 1. The average molecular weight is 232 g/mol. The first-order chi connectivity index (χ1) is 8.33. The predicted molar refractivity (Wildman–Crippen MR) is 70.1 cm³/mol. The van der Waals surface area contributed by atoms with Gasteiger partial charge in [-0.25, -0.2) is 0 Å². The highest BCUT2D eigenvalue weighted by atomic mass is 16.2. The van der Waals surface area contributed by atoms with Gasteiger partial charge in [-0.2, -0.15) is 0 Å². The predicted octanol–water partition coefficient (Wildman–Crippen LogP) is 2.04. The van der Waals surface area contributed by atoms with E-state index in [1.165, 1.54) is 0 Å². The van der Waals surface area contributed by atoms with E-state index in [-0.39, 0.29) is 11.8 Å². The highest BCUT2D eigenvalue weighted by molar-refractivity contribution is 5.95. The fourth-order valence-corrected chi connectivity index (χ4v) is 2.36. The molecule has 1 aliphatic rings. The molecule has 1 atom stereocenters. The molecule has 0 bridgehead atoms. The van der Waals surface area contributed by atoms with E-state index in [2.05, 4.69) is 5.32 Å². The van der Waals surface area contributed by atoms with Crippen LogP contribution in [0.4, 0.5) is 5.69 Å². The van der Waals surface area contributed by atoms with Gasteiger partial charge in [0.15, 0.2) is 0 Å². The number of anilines is 1. The molecule has 1 amide bonds. The molecule has 92 valence electrons. The maximum Gasteiger partial charge on any atom is 0.231 e. The van der Waals surface area contributed by atoms with Crippen molar-refractivity contribution in [2.45, 2.75) is 19.8 Å². The lowest BCUT2D eigenvalue weighted by atomic mass is 9.98. The van der Waals surface area contributed by atoms with Crippen LogP contribution in [0, 0.1) is 5.92 Å². The third-order valence-electron chi connectivity index (χ3n) is 3.30. The highest BCUT2D eigenvalue weighted by Gasteiger charge is 2.25. The second-order valence-electron chi connectivity index (χ2n) is 4.46. The van der Waals surface area contributed by atoms with Gasteiger partial charge in [0.05, 0.1) is 5.92 Å². The Hall–Kier alpha value is -1.35. The molecule has 1 N–H and O–H groups in total. The number of piperidine rings is 1. The molecule has 1 saturated heterocycles. The van der Waals surface area contributed by atoms with E-state index in [0.29, 0.717) is 0 Å². The first-order valence-electron chi connectivity index (χ1n) is 6.40. The molecule has 0 aromatic heterocycles. The summed E-state index contributed by atoms with van der Waals surface area (Å²) in [6.45, 7) is 4.63. The molecule has 1 aromatic carbocycles. The van der Waals surface area contributed by atoms with Crippen LogP contribution in [-0.2, 0) is 4.79 Å². The van der Waals surface area contributed by atoms with Crippen molar-refractivity contribution in [3.05, 3.63) is 30.3 Å². The van der Waals surface area contributed by atoms with E-state index in [0.717, 1.165) is 38.2 Å². The Balaban J connectivity index is 2.10. The lowest BCUT2D eigenvalue weighted by Gasteiger charge is -2.29. The van der Waals surface area contributed by atoms with Gasteiger partial charge < -0.3 is 10.2 Å². The molecule has 0 radical (unpaired) electrons. The average Bonchev–Trinajstić information content (AvgIpc) is 2.42. The summed E-state index contributed by atoms with van der Waals surface area (Å²) in [6.07, 6.45) is 2.11. The van der Waals surface area contributed by atoms with Crippen molar-refractivity contribution < 1.29 is 4.79 Å². The summed E-state index contributed by atoms with van der Waals surface area (Å²) < 4.78 is 0. The molecule has 0 unspecified atom stereocenters. The maximum atomic E-state index is 12.4. The van der Waals surface area contributed by atoms with Crippen LogP contribution in [0.5, 0.6) is 0 Å². The molecule has 17 heavy (non-hydrogen) atoms. The van der Waals surface area contributed by atoms with E-state index in [9.17, 15) is 4.79 Å². The lowest BCUT2D eigenvalue weighted by Crippen LogP contribution is -2.43. The van der Waals surface area contributed by atoms with Gasteiger partial charge >= 0.3 is 0 Å². The molecule has 3 heteroatoms. The number of hydrogen-bond donors (Lipinski definition) is 1. The molecule has 3 nitrogen and oxygen atoms in total. The fraction of sp³-hybridized carbons (Fsp3) is 0.500. The Morgan fingerprint density at radius 1 is 1.41 bits per heavy atom. The summed E-state index contributed by atoms with van der Waals surface area (Å²) in [6, 6.07) is 9.92. The lowest BCUT2D eigenvalue weighted by molar-refractivity contribution is -0.122. The van der Waals surface area contributed by atoms with Crippen molar-refractivity contribution in [3.8, 4) is 0 Å². The zero-order chi connectivity index (χ0) is 12.1. The minimum Gasteiger partial charge on any atom is -0.316 e. The van der Waals surface area contributed by atoms with Crippen LogP contribution in [0.25, 0.3) is 0 Å². The van der Waals surface area contributed by atoms with Crippen LogP contribution in [-0.4, -0.2) is 25.5 Å². The molecule has 1 aliphatic heterocycles. The first kappa shape index (κ1) is 12.1. The molecule has 2 rings (SSSR count). The van der Waals surface area contributed by atoms with E-state index in [4.69, 9.17) is 0 Å². The van der Waals surface area contributed by atoms with Gasteiger partial charge in [0.2, 0.25) is 5.91 Å². The van der Waals surface area contributed by atoms with Crippen LogP contribution >= 0.6 is 0 Å². The molecular weight excluding hydrogens is 212 g/mol. The Labute approximate surface area is 103 Å². The molecular formula is C14H20N2O. The van der Waals surface area contributed by atoms with Crippen LogP contribution in [0.3, 0.4) is 0 Å². The van der Waals surface area contributed by atoms with E-state index in [1.807, 2.05) is 42.2 Å². The number of carbonyl (C=O) groups excluding carboxylic acids is 1. The van der Waals surface area contributed by atoms with Crippen molar-refractivity contribution in [1.29, 1.82) is 0 Å². The second kappa shape index (κ2) is 5.82. The van der Waals surface area contributed by atoms with Gasteiger partial charge in [-0.3, -0.25) is 4.79 Å². The number of benzene rings is 1. The standard InChI is InChI=1S/C14H20N2O/c1-2-16(13-8-4-3-5-9-13)14(17)12-7-6-10-15-11-12/h3-5,8-9,12,15H,2,6-7,10-11H2,1H3/t12-/m1/s1. The Bertz CT molecular complexity index is 358. The minimum atomic E-state index is 0.143. The Kier molecular flexibility index (Phi) is 4.15. The molecule has 1 fully saturated rings. The summed E-state index contributed by atoms with van der Waals surface area (Å²) in [7, 11) is 0. The maximum absolute atomic E-state index is 12.4. The van der Waals surface area contributed by atoms with Gasteiger partial charge in [-0.1, -0.05) is 18.2 Å². The highest BCUT2D eigenvalue weighted by Crippen LogP contribution is 2.19. The van der Waals surface area contributed by atoms with Crippen LogP contribution in [0.1, 0.15) is 19.8 Å². The van der Waals surface area contributed by atoms with E-state index < -0.39 is 0 Å². The SMILES string of the molecule is CCN(C(=O)[C@@H]1CCCNC1)c1ccccc1. The topological polar surface area (TPSA) is 32.3 Å². The summed E-state index contributed by atoms with van der Waals surface area (Å²) in [5.41, 5.74) is 1.01. The summed E-state index contributed by atoms with van der Waals surface area (Å²) in [4.78, 5) is 14.3. The van der Waals surface area contributed by atoms with Crippen molar-refractivity contribution in [2.75, 3.05) is 24.5 Å². The first-order valence-corrected chi connectivity index (χ1v) is 6.40. The van der Waals surface area contributed by atoms with Gasteiger partial charge in [-0.05, 0) is 38.4 Å². The van der Waals surface area contributed by atoms with Gasteiger partial charge in [-0.15, -0.1) is 0 Å². The molecule has 0 aliphatic carbocycles. The van der Waals surface area contributed by atoms with Gasteiger partial charge in [0, 0.05) is 18.8 Å². The largest absolute Gasteiger partial charge is 0.316 e. The Morgan fingerprint density at radius 3 is 2.76 bits per heavy atom.